The zero-order valence-electron chi connectivity index (χ0n) is 17.8. The Kier molecular flexibility index (Phi) is 6.45. The first kappa shape index (κ1) is 21.1. The number of urea groups is 1. The molecule has 1 aromatic carbocycles. The summed E-state index contributed by atoms with van der Waals surface area (Å²) in [6, 6.07) is 6.50. The Balaban J connectivity index is 1.58. The van der Waals surface area contributed by atoms with E-state index < -0.39 is 12.1 Å². The van der Waals surface area contributed by atoms with E-state index in [-0.39, 0.29) is 29.7 Å². The molecule has 2 atom stereocenters. The van der Waals surface area contributed by atoms with Crippen LogP contribution < -0.4 is 10.6 Å². The van der Waals surface area contributed by atoms with Gasteiger partial charge in [0.1, 0.15) is 6.04 Å². The highest BCUT2D eigenvalue weighted by molar-refractivity contribution is 5.94. The molecule has 1 aromatic rings. The van der Waals surface area contributed by atoms with E-state index in [0.29, 0.717) is 25.3 Å². The average molecular weight is 401 g/mol. The summed E-state index contributed by atoms with van der Waals surface area (Å²) >= 11 is 0. The van der Waals surface area contributed by atoms with Crippen LogP contribution in [-0.2, 0) is 9.59 Å². The molecule has 158 valence electrons. The van der Waals surface area contributed by atoms with Crippen molar-refractivity contribution in [1.82, 2.24) is 15.1 Å². The van der Waals surface area contributed by atoms with Gasteiger partial charge in [-0.3, -0.25) is 9.59 Å². The predicted molar refractivity (Wildman–Crippen MR) is 112 cm³/mol. The first-order valence-corrected chi connectivity index (χ1v) is 10.5. The van der Waals surface area contributed by atoms with Crippen LogP contribution in [0.2, 0.25) is 0 Å². The van der Waals surface area contributed by atoms with Gasteiger partial charge in [-0.2, -0.15) is 0 Å². The van der Waals surface area contributed by atoms with Crippen molar-refractivity contribution < 1.29 is 14.4 Å². The maximum atomic E-state index is 13.1. The van der Waals surface area contributed by atoms with Gasteiger partial charge in [-0.25, -0.2) is 4.79 Å². The molecule has 4 amide bonds. The Morgan fingerprint density at radius 1 is 1.07 bits per heavy atom. The fraction of sp³-hybridized carbons (Fsp3) is 0.591. The fourth-order valence-corrected chi connectivity index (χ4v) is 3.71. The largest absolute Gasteiger partial charge is 0.337 e. The maximum Gasteiger partial charge on any atom is 0.319 e. The summed E-state index contributed by atoms with van der Waals surface area (Å²) in [6.07, 6.45) is 1.97. The van der Waals surface area contributed by atoms with E-state index in [9.17, 15) is 14.4 Å². The molecular formula is C22H32N4O3. The number of anilines is 1. The van der Waals surface area contributed by atoms with Gasteiger partial charge in [0.25, 0.3) is 0 Å². The van der Waals surface area contributed by atoms with Crippen molar-refractivity contribution in [2.24, 2.45) is 11.8 Å². The van der Waals surface area contributed by atoms with Crippen molar-refractivity contribution in [3.05, 3.63) is 29.8 Å². The first-order valence-electron chi connectivity index (χ1n) is 10.5. The standard InChI is InChI=1S/C22H32N4O3/c1-14(2)19(24-22(29)23-18-9-5-15(3)6-10-18)21(28)25-11-12-26(16(4)13-25)20(27)17-7-8-17/h5-6,9-10,14,16-17,19H,7-8,11-13H2,1-4H3,(H2,23,24,29). The van der Waals surface area contributed by atoms with Crippen molar-refractivity contribution in [1.29, 1.82) is 0 Å². The second-order valence-corrected chi connectivity index (χ2v) is 8.63. The highest BCUT2D eigenvalue weighted by atomic mass is 16.2. The Morgan fingerprint density at radius 3 is 2.28 bits per heavy atom. The van der Waals surface area contributed by atoms with E-state index in [2.05, 4.69) is 10.6 Å². The van der Waals surface area contributed by atoms with Gasteiger partial charge in [0.2, 0.25) is 11.8 Å². The molecule has 2 aliphatic rings. The Labute approximate surface area is 172 Å². The summed E-state index contributed by atoms with van der Waals surface area (Å²) in [4.78, 5) is 41.6. The van der Waals surface area contributed by atoms with E-state index >= 15 is 0 Å². The molecule has 0 radical (unpaired) electrons. The number of rotatable bonds is 5. The summed E-state index contributed by atoms with van der Waals surface area (Å²) < 4.78 is 0. The highest BCUT2D eigenvalue weighted by Crippen LogP contribution is 2.32. The van der Waals surface area contributed by atoms with Gasteiger partial charge in [-0.1, -0.05) is 31.5 Å². The quantitative estimate of drug-likeness (QED) is 0.797. The molecule has 1 aliphatic heterocycles. The smallest absolute Gasteiger partial charge is 0.319 e. The van der Waals surface area contributed by atoms with E-state index in [1.807, 2.05) is 56.9 Å². The number of aryl methyl sites for hydroxylation is 1. The number of piperazine rings is 1. The zero-order chi connectivity index (χ0) is 21.1. The number of benzene rings is 1. The van der Waals surface area contributed by atoms with Crippen LogP contribution in [0.5, 0.6) is 0 Å². The lowest BCUT2D eigenvalue weighted by Gasteiger charge is -2.41. The van der Waals surface area contributed by atoms with Crippen molar-refractivity contribution in [2.75, 3.05) is 25.0 Å². The topological polar surface area (TPSA) is 81.8 Å². The maximum absolute atomic E-state index is 13.1. The van der Waals surface area contributed by atoms with E-state index in [1.54, 1.807) is 4.90 Å². The minimum absolute atomic E-state index is 0.00463. The van der Waals surface area contributed by atoms with Gasteiger partial charge in [0.15, 0.2) is 0 Å². The third-order valence-corrected chi connectivity index (χ3v) is 5.68. The number of nitrogens with zero attached hydrogens (tertiary/aromatic N) is 2. The molecule has 3 rings (SSSR count). The molecule has 2 unspecified atom stereocenters. The van der Waals surface area contributed by atoms with Gasteiger partial charge in [-0.15, -0.1) is 0 Å². The van der Waals surface area contributed by atoms with Crippen molar-refractivity contribution in [2.45, 2.75) is 52.6 Å². The first-order chi connectivity index (χ1) is 13.8. The molecular weight excluding hydrogens is 368 g/mol. The lowest BCUT2D eigenvalue weighted by atomic mass is 10.0. The minimum Gasteiger partial charge on any atom is -0.337 e. The third kappa shape index (κ3) is 5.28. The van der Waals surface area contributed by atoms with Crippen LogP contribution in [0.25, 0.3) is 0 Å². The molecule has 0 spiro atoms. The second kappa shape index (κ2) is 8.84. The van der Waals surface area contributed by atoms with Crippen LogP contribution in [0.1, 0.15) is 39.2 Å². The second-order valence-electron chi connectivity index (χ2n) is 8.63. The summed E-state index contributed by atoms with van der Waals surface area (Å²) in [7, 11) is 0. The number of hydrogen-bond acceptors (Lipinski definition) is 3. The average Bonchev–Trinajstić information content (AvgIpc) is 3.52. The van der Waals surface area contributed by atoms with Crippen LogP contribution in [0.3, 0.4) is 0 Å². The fourth-order valence-electron chi connectivity index (χ4n) is 3.71. The van der Waals surface area contributed by atoms with Gasteiger partial charge < -0.3 is 20.4 Å². The number of hydrogen-bond donors (Lipinski definition) is 2. The lowest BCUT2D eigenvalue weighted by Crippen LogP contribution is -2.60. The number of nitrogens with one attached hydrogen (secondary N) is 2. The molecule has 0 bridgehead atoms. The molecule has 2 fully saturated rings. The van der Waals surface area contributed by atoms with Gasteiger partial charge in [-0.05, 0) is 44.7 Å². The summed E-state index contributed by atoms with van der Waals surface area (Å²) in [5.74, 6) is 0.271. The molecule has 1 saturated carbocycles. The zero-order valence-corrected chi connectivity index (χ0v) is 17.8. The van der Waals surface area contributed by atoms with Crippen LogP contribution in [0.15, 0.2) is 24.3 Å². The van der Waals surface area contributed by atoms with Gasteiger partial charge >= 0.3 is 6.03 Å². The molecule has 7 nitrogen and oxygen atoms in total. The summed E-state index contributed by atoms with van der Waals surface area (Å²) in [5.41, 5.74) is 1.79. The van der Waals surface area contributed by atoms with Crippen LogP contribution in [-0.4, -0.2) is 59.4 Å². The van der Waals surface area contributed by atoms with Crippen LogP contribution in [0.4, 0.5) is 10.5 Å². The molecule has 1 heterocycles. The van der Waals surface area contributed by atoms with Crippen LogP contribution in [0, 0.1) is 18.8 Å². The Morgan fingerprint density at radius 2 is 1.72 bits per heavy atom. The Bertz CT molecular complexity index is 758. The van der Waals surface area contributed by atoms with Crippen molar-refractivity contribution in [3.63, 3.8) is 0 Å². The van der Waals surface area contributed by atoms with E-state index in [4.69, 9.17) is 0 Å². The Hall–Kier alpha value is -2.57. The van der Waals surface area contributed by atoms with Crippen molar-refractivity contribution >= 4 is 23.5 Å². The molecule has 29 heavy (non-hydrogen) atoms. The number of amides is 4. The summed E-state index contributed by atoms with van der Waals surface area (Å²) in [5, 5.41) is 5.62. The van der Waals surface area contributed by atoms with E-state index in [0.717, 1.165) is 18.4 Å². The van der Waals surface area contributed by atoms with Crippen LogP contribution >= 0.6 is 0 Å². The monoisotopic (exact) mass is 400 g/mol. The number of carbonyl (C=O) groups excluding carboxylic acids is 3. The van der Waals surface area contributed by atoms with Crippen molar-refractivity contribution in [3.8, 4) is 0 Å². The predicted octanol–water partition coefficient (Wildman–Crippen LogP) is 2.61. The summed E-state index contributed by atoms with van der Waals surface area (Å²) in [6.45, 7) is 9.38. The number of carbonyl (C=O) groups is 3. The normalized spacial score (nSPS) is 20.4. The highest BCUT2D eigenvalue weighted by Gasteiger charge is 2.39. The minimum atomic E-state index is -0.613. The van der Waals surface area contributed by atoms with E-state index in [1.165, 1.54) is 0 Å². The lowest BCUT2D eigenvalue weighted by molar-refractivity contribution is -0.144. The third-order valence-electron chi connectivity index (χ3n) is 5.68. The molecule has 1 aliphatic carbocycles. The van der Waals surface area contributed by atoms with Gasteiger partial charge in [0, 0.05) is 37.3 Å². The van der Waals surface area contributed by atoms with Gasteiger partial charge in [0.05, 0.1) is 0 Å². The molecule has 7 heteroatoms. The SMILES string of the molecule is Cc1ccc(NC(=O)NC(C(=O)N2CCN(C(=O)C3CC3)C(C)C2)C(C)C)cc1. The molecule has 0 aromatic heterocycles. The molecule has 1 saturated heterocycles. The molecule has 2 N–H and O–H groups in total.